The summed E-state index contributed by atoms with van der Waals surface area (Å²) < 4.78 is 10.8. The molecule has 0 aliphatic carbocycles. The highest BCUT2D eigenvalue weighted by Crippen LogP contribution is 2.26. The maximum Gasteiger partial charge on any atom is 0.392 e. The summed E-state index contributed by atoms with van der Waals surface area (Å²) in [5, 5.41) is 9.20. The minimum atomic E-state index is -2.10. The molecule has 0 saturated heterocycles. The molecule has 78 valence electrons. The van der Waals surface area contributed by atoms with E-state index in [1.54, 1.807) is 19.2 Å². The molecule has 0 aromatic heterocycles. The van der Waals surface area contributed by atoms with Crippen molar-refractivity contribution in [1.82, 2.24) is 0 Å². The summed E-state index contributed by atoms with van der Waals surface area (Å²) in [5.74, 6) is 0.688. The summed E-state index contributed by atoms with van der Waals surface area (Å²) in [6.45, 7) is 3.85. The lowest BCUT2D eigenvalue weighted by Gasteiger charge is -2.21. The fraction of sp³-hybridized carbons (Fsp3) is 0.333. The van der Waals surface area contributed by atoms with Gasteiger partial charge < -0.3 is 19.7 Å². The average Bonchev–Trinajstić information content (AvgIpc) is 2.11. The van der Waals surface area contributed by atoms with Crippen LogP contribution in [0, 0.1) is 0 Å². The molecule has 4 nitrogen and oxygen atoms in total. The number of hydrogen-bond donors (Lipinski definition) is 2. The number of nitrogens with two attached hydrogens (primary N) is 1. The zero-order valence-electron chi connectivity index (χ0n) is 8.57. The SMILES string of the molecule is CO[Si](C)(C)Oc1ccc(O)c(N)c1. The van der Waals surface area contributed by atoms with Gasteiger partial charge in [0, 0.05) is 13.2 Å². The standard InChI is InChI=1S/C9H15NO3Si/c1-12-14(2,3)13-7-4-5-9(11)8(10)6-7/h4-6,11H,10H2,1-3H3. The minimum Gasteiger partial charge on any atom is -0.520 e. The van der Waals surface area contributed by atoms with Gasteiger partial charge in [-0.25, -0.2) is 0 Å². The van der Waals surface area contributed by atoms with Gasteiger partial charge in [0.1, 0.15) is 11.5 Å². The van der Waals surface area contributed by atoms with E-state index < -0.39 is 8.56 Å². The third kappa shape index (κ3) is 2.64. The Labute approximate surface area is 84.5 Å². The molecule has 1 aromatic rings. The second kappa shape index (κ2) is 3.89. The van der Waals surface area contributed by atoms with Crippen LogP contribution in [-0.2, 0) is 4.43 Å². The molecular formula is C9H15NO3Si. The molecule has 0 bridgehead atoms. The maximum absolute atomic E-state index is 9.20. The topological polar surface area (TPSA) is 64.7 Å². The van der Waals surface area contributed by atoms with Crippen molar-refractivity contribution in [3.05, 3.63) is 18.2 Å². The Morgan fingerprint density at radius 2 is 2.00 bits per heavy atom. The lowest BCUT2D eigenvalue weighted by Crippen LogP contribution is -2.36. The van der Waals surface area contributed by atoms with Gasteiger partial charge in [0.2, 0.25) is 0 Å². The lowest BCUT2D eigenvalue weighted by molar-refractivity contribution is 0.314. The van der Waals surface area contributed by atoms with Crippen LogP contribution >= 0.6 is 0 Å². The highest BCUT2D eigenvalue weighted by molar-refractivity contribution is 6.65. The Bertz CT molecular complexity index is 328. The first-order valence-electron chi connectivity index (χ1n) is 4.27. The smallest absolute Gasteiger partial charge is 0.392 e. The van der Waals surface area contributed by atoms with Gasteiger partial charge in [-0.3, -0.25) is 0 Å². The molecule has 5 heteroatoms. The molecule has 0 fully saturated rings. The van der Waals surface area contributed by atoms with Gasteiger partial charge in [-0.15, -0.1) is 0 Å². The molecule has 0 atom stereocenters. The van der Waals surface area contributed by atoms with Gasteiger partial charge in [0.05, 0.1) is 5.69 Å². The third-order valence-electron chi connectivity index (χ3n) is 1.85. The van der Waals surface area contributed by atoms with Crippen LogP contribution in [0.25, 0.3) is 0 Å². The van der Waals surface area contributed by atoms with Crippen molar-refractivity contribution in [2.45, 2.75) is 13.1 Å². The predicted octanol–water partition coefficient (Wildman–Crippen LogP) is 1.70. The molecule has 0 heterocycles. The molecule has 0 aliphatic heterocycles. The van der Waals surface area contributed by atoms with E-state index in [4.69, 9.17) is 14.6 Å². The first kappa shape index (κ1) is 10.9. The highest BCUT2D eigenvalue weighted by Gasteiger charge is 2.24. The summed E-state index contributed by atoms with van der Waals surface area (Å²) in [7, 11) is -0.475. The largest absolute Gasteiger partial charge is 0.520 e. The molecular weight excluding hydrogens is 198 g/mol. The predicted molar refractivity (Wildman–Crippen MR) is 57.6 cm³/mol. The normalized spacial score (nSPS) is 11.4. The van der Waals surface area contributed by atoms with Crippen molar-refractivity contribution >= 4 is 14.2 Å². The summed E-state index contributed by atoms with van der Waals surface area (Å²) in [6, 6.07) is 4.76. The van der Waals surface area contributed by atoms with Crippen molar-refractivity contribution < 1.29 is 14.0 Å². The number of aromatic hydroxyl groups is 1. The minimum absolute atomic E-state index is 0.0641. The Kier molecular flexibility index (Phi) is 3.02. The number of phenols is 1. The second-order valence-corrected chi connectivity index (χ2v) is 6.84. The van der Waals surface area contributed by atoms with Crippen molar-refractivity contribution in [2.75, 3.05) is 12.8 Å². The van der Waals surface area contributed by atoms with Crippen LogP contribution in [0.5, 0.6) is 11.5 Å². The van der Waals surface area contributed by atoms with E-state index >= 15 is 0 Å². The number of hydrogen-bond acceptors (Lipinski definition) is 4. The van der Waals surface area contributed by atoms with E-state index in [2.05, 4.69) is 0 Å². The Hall–Kier alpha value is -1.20. The van der Waals surface area contributed by atoms with Crippen molar-refractivity contribution in [3.63, 3.8) is 0 Å². The van der Waals surface area contributed by atoms with Gasteiger partial charge in [0.15, 0.2) is 0 Å². The first-order valence-corrected chi connectivity index (χ1v) is 7.09. The van der Waals surface area contributed by atoms with Crippen LogP contribution in [0.3, 0.4) is 0 Å². The number of benzene rings is 1. The monoisotopic (exact) mass is 213 g/mol. The van der Waals surface area contributed by atoms with Crippen LogP contribution in [-0.4, -0.2) is 20.8 Å². The maximum atomic E-state index is 9.20. The van der Waals surface area contributed by atoms with Gasteiger partial charge in [-0.05, 0) is 25.2 Å². The van der Waals surface area contributed by atoms with Crippen LogP contribution in [0.15, 0.2) is 18.2 Å². The van der Waals surface area contributed by atoms with Crippen LogP contribution in [0.4, 0.5) is 5.69 Å². The lowest BCUT2D eigenvalue weighted by atomic mass is 10.3. The van der Waals surface area contributed by atoms with Crippen molar-refractivity contribution in [3.8, 4) is 11.5 Å². The molecule has 1 rings (SSSR count). The molecule has 1 aromatic carbocycles. The summed E-state index contributed by atoms with van der Waals surface area (Å²) in [6.07, 6.45) is 0. The summed E-state index contributed by atoms with van der Waals surface area (Å²) in [4.78, 5) is 0. The molecule has 0 radical (unpaired) electrons. The van der Waals surface area contributed by atoms with Crippen LogP contribution in [0.2, 0.25) is 13.1 Å². The van der Waals surface area contributed by atoms with E-state index in [-0.39, 0.29) is 5.75 Å². The molecule has 3 N–H and O–H groups in total. The molecule has 0 spiro atoms. The zero-order valence-corrected chi connectivity index (χ0v) is 9.57. The molecule has 0 aliphatic rings. The van der Waals surface area contributed by atoms with Crippen molar-refractivity contribution in [2.24, 2.45) is 0 Å². The number of phenolic OH excluding ortho intramolecular Hbond substituents is 1. The van der Waals surface area contributed by atoms with Gasteiger partial charge >= 0.3 is 8.56 Å². The Morgan fingerprint density at radius 3 is 2.50 bits per heavy atom. The van der Waals surface area contributed by atoms with Gasteiger partial charge in [-0.1, -0.05) is 0 Å². The Balaban J connectivity index is 2.83. The van der Waals surface area contributed by atoms with E-state index in [9.17, 15) is 5.11 Å². The number of anilines is 1. The quantitative estimate of drug-likeness (QED) is 0.455. The van der Waals surface area contributed by atoms with E-state index in [1.165, 1.54) is 6.07 Å². The third-order valence-corrected chi connectivity index (χ3v) is 3.56. The average molecular weight is 213 g/mol. The van der Waals surface area contributed by atoms with E-state index in [0.717, 1.165) is 0 Å². The number of nitrogen functional groups attached to an aromatic ring is 1. The highest BCUT2D eigenvalue weighted by atomic mass is 28.4. The molecule has 14 heavy (non-hydrogen) atoms. The van der Waals surface area contributed by atoms with E-state index in [0.29, 0.717) is 11.4 Å². The van der Waals surface area contributed by atoms with E-state index in [1.807, 2.05) is 13.1 Å². The van der Waals surface area contributed by atoms with Crippen molar-refractivity contribution in [1.29, 1.82) is 0 Å². The Morgan fingerprint density at radius 1 is 1.36 bits per heavy atom. The molecule has 0 saturated carbocycles. The fourth-order valence-corrected chi connectivity index (χ4v) is 1.70. The number of rotatable bonds is 3. The zero-order chi connectivity index (χ0) is 10.8. The summed E-state index contributed by atoms with van der Waals surface area (Å²) >= 11 is 0. The van der Waals surface area contributed by atoms with Gasteiger partial charge in [0.25, 0.3) is 0 Å². The first-order chi connectivity index (χ1) is 6.44. The summed E-state index contributed by atoms with van der Waals surface area (Å²) in [5.41, 5.74) is 5.83. The molecule has 0 amide bonds. The second-order valence-electron chi connectivity index (χ2n) is 3.43. The fourth-order valence-electron chi connectivity index (χ4n) is 0.922. The molecule has 0 unspecified atom stereocenters. The van der Waals surface area contributed by atoms with Gasteiger partial charge in [-0.2, -0.15) is 0 Å². The van der Waals surface area contributed by atoms with Crippen LogP contribution < -0.4 is 10.2 Å². The van der Waals surface area contributed by atoms with Crippen LogP contribution in [0.1, 0.15) is 0 Å².